The molecule has 7 nitrogen and oxygen atoms in total. The standard InChI is InChI=1S/C25H33N3O4S/c1-19(24(29)26-17-16-20-8-4-2-5-9-20)28-25(30)22-14-12-21(13-15-22)18-27-33(31,32)23-10-6-3-7-11-23/h2-11,19,21-22,27H,12-18H2,1H3,(H,26,29)(H,28,30)/t19-,21?,22?/m0/s1. The molecule has 8 heteroatoms. The summed E-state index contributed by atoms with van der Waals surface area (Å²) in [5, 5.41) is 5.70. The Kier molecular flexibility index (Phi) is 9.03. The maximum atomic E-state index is 12.6. The predicted octanol–water partition coefficient (Wildman–Crippen LogP) is 2.63. The number of hydrogen-bond acceptors (Lipinski definition) is 4. The van der Waals surface area contributed by atoms with Gasteiger partial charge in [-0.2, -0.15) is 0 Å². The second kappa shape index (κ2) is 12.0. The van der Waals surface area contributed by atoms with E-state index in [1.165, 1.54) is 0 Å². The maximum Gasteiger partial charge on any atom is 0.242 e. The zero-order valence-electron chi connectivity index (χ0n) is 19.0. The van der Waals surface area contributed by atoms with Gasteiger partial charge in [0, 0.05) is 19.0 Å². The second-order valence-electron chi connectivity index (χ2n) is 8.64. The largest absolute Gasteiger partial charge is 0.354 e. The number of rotatable bonds is 10. The molecule has 0 heterocycles. The summed E-state index contributed by atoms with van der Waals surface area (Å²) in [5.41, 5.74) is 1.15. The lowest BCUT2D eigenvalue weighted by Crippen LogP contribution is -2.47. The van der Waals surface area contributed by atoms with Crippen molar-refractivity contribution in [2.75, 3.05) is 13.1 Å². The first-order valence-corrected chi connectivity index (χ1v) is 13.0. The van der Waals surface area contributed by atoms with E-state index >= 15 is 0 Å². The first-order chi connectivity index (χ1) is 15.8. The Morgan fingerprint density at radius 2 is 1.55 bits per heavy atom. The van der Waals surface area contributed by atoms with Gasteiger partial charge in [0.15, 0.2) is 0 Å². The van der Waals surface area contributed by atoms with Crippen LogP contribution in [-0.4, -0.2) is 39.4 Å². The predicted molar refractivity (Wildman–Crippen MR) is 128 cm³/mol. The molecule has 0 saturated heterocycles. The molecule has 0 spiro atoms. The summed E-state index contributed by atoms with van der Waals surface area (Å²) >= 11 is 0. The fraction of sp³-hybridized carbons (Fsp3) is 0.440. The third kappa shape index (κ3) is 7.68. The van der Waals surface area contributed by atoms with Gasteiger partial charge in [0.2, 0.25) is 21.8 Å². The highest BCUT2D eigenvalue weighted by molar-refractivity contribution is 7.89. The highest BCUT2D eigenvalue weighted by atomic mass is 32.2. The van der Waals surface area contributed by atoms with Crippen LogP contribution >= 0.6 is 0 Å². The van der Waals surface area contributed by atoms with E-state index in [-0.39, 0.29) is 28.5 Å². The van der Waals surface area contributed by atoms with Crippen molar-refractivity contribution < 1.29 is 18.0 Å². The average Bonchev–Trinajstić information content (AvgIpc) is 2.84. The van der Waals surface area contributed by atoms with Crippen LogP contribution in [0.25, 0.3) is 0 Å². The molecular formula is C25H33N3O4S. The zero-order valence-corrected chi connectivity index (χ0v) is 19.8. The molecule has 33 heavy (non-hydrogen) atoms. The van der Waals surface area contributed by atoms with Gasteiger partial charge >= 0.3 is 0 Å². The monoisotopic (exact) mass is 471 g/mol. The molecule has 0 radical (unpaired) electrons. The lowest BCUT2D eigenvalue weighted by Gasteiger charge is -2.28. The van der Waals surface area contributed by atoms with E-state index in [0.29, 0.717) is 25.9 Å². The molecular weight excluding hydrogens is 438 g/mol. The van der Waals surface area contributed by atoms with Crippen molar-refractivity contribution in [3.8, 4) is 0 Å². The molecule has 0 aliphatic heterocycles. The molecule has 2 aromatic carbocycles. The Labute approximate surface area is 196 Å². The lowest BCUT2D eigenvalue weighted by atomic mass is 9.81. The van der Waals surface area contributed by atoms with Crippen LogP contribution in [0.4, 0.5) is 0 Å². The molecule has 0 bridgehead atoms. The molecule has 3 rings (SSSR count). The Bertz CT molecular complexity index is 1000. The summed E-state index contributed by atoms with van der Waals surface area (Å²) in [6.45, 7) is 2.58. The number of carbonyl (C=O) groups is 2. The summed E-state index contributed by atoms with van der Waals surface area (Å²) in [4.78, 5) is 25.2. The van der Waals surface area contributed by atoms with Crippen LogP contribution in [-0.2, 0) is 26.0 Å². The summed E-state index contributed by atoms with van der Waals surface area (Å²) in [6.07, 6.45) is 3.66. The van der Waals surface area contributed by atoms with Crippen molar-refractivity contribution in [1.82, 2.24) is 15.4 Å². The average molecular weight is 472 g/mol. The van der Waals surface area contributed by atoms with Gasteiger partial charge in [-0.25, -0.2) is 13.1 Å². The fourth-order valence-electron chi connectivity index (χ4n) is 4.06. The first kappa shape index (κ1) is 24.9. The number of sulfonamides is 1. The summed E-state index contributed by atoms with van der Waals surface area (Å²) in [5.74, 6) is -0.245. The Morgan fingerprint density at radius 3 is 2.18 bits per heavy atom. The van der Waals surface area contributed by atoms with E-state index in [2.05, 4.69) is 15.4 Å². The van der Waals surface area contributed by atoms with Crippen LogP contribution < -0.4 is 15.4 Å². The highest BCUT2D eigenvalue weighted by Crippen LogP contribution is 2.29. The van der Waals surface area contributed by atoms with Gasteiger partial charge < -0.3 is 10.6 Å². The Balaban J connectivity index is 1.36. The van der Waals surface area contributed by atoms with Gasteiger partial charge in [-0.15, -0.1) is 0 Å². The number of nitrogens with one attached hydrogen (secondary N) is 3. The number of hydrogen-bond donors (Lipinski definition) is 3. The minimum Gasteiger partial charge on any atom is -0.354 e. The van der Waals surface area contributed by atoms with E-state index in [1.54, 1.807) is 37.3 Å². The van der Waals surface area contributed by atoms with E-state index in [1.807, 2.05) is 30.3 Å². The van der Waals surface area contributed by atoms with Gasteiger partial charge in [-0.1, -0.05) is 48.5 Å². The summed E-state index contributed by atoms with van der Waals surface area (Å²) in [7, 11) is -3.51. The lowest BCUT2D eigenvalue weighted by molar-refractivity contribution is -0.131. The molecule has 2 amide bonds. The van der Waals surface area contributed by atoms with Crippen LogP contribution in [0.1, 0.15) is 38.2 Å². The first-order valence-electron chi connectivity index (χ1n) is 11.5. The molecule has 0 aromatic heterocycles. The maximum absolute atomic E-state index is 12.6. The van der Waals surface area contributed by atoms with Crippen molar-refractivity contribution in [3.63, 3.8) is 0 Å². The molecule has 1 aliphatic carbocycles. The van der Waals surface area contributed by atoms with Crippen molar-refractivity contribution in [1.29, 1.82) is 0 Å². The van der Waals surface area contributed by atoms with E-state index in [9.17, 15) is 18.0 Å². The van der Waals surface area contributed by atoms with Crippen LogP contribution in [0.2, 0.25) is 0 Å². The van der Waals surface area contributed by atoms with Crippen LogP contribution in [0.5, 0.6) is 0 Å². The SMILES string of the molecule is C[C@H](NC(=O)C1CCC(CNS(=O)(=O)c2ccccc2)CC1)C(=O)NCCc1ccccc1. The fourth-order valence-corrected chi connectivity index (χ4v) is 5.20. The van der Waals surface area contributed by atoms with Crippen LogP contribution in [0, 0.1) is 11.8 Å². The minimum absolute atomic E-state index is 0.107. The third-order valence-electron chi connectivity index (χ3n) is 6.14. The molecule has 1 fully saturated rings. The number of amides is 2. The minimum atomic E-state index is -3.51. The molecule has 1 aliphatic rings. The van der Waals surface area contributed by atoms with E-state index < -0.39 is 16.1 Å². The van der Waals surface area contributed by atoms with Gasteiger partial charge in [-0.3, -0.25) is 9.59 Å². The molecule has 1 saturated carbocycles. The highest BCUT2D eigenvalue weighted by Gasteiger charge is 2.28. The van der Waals surface area contributed by atoms with Crippen LogP contribution in [0.3, 0.4) is 0 Å². The van der Waals surface area contributed by atoms with Crippen LogP contribution in [0.15, 0.2) is 65.6 Å². The molecule has 2 aromatic rings. The molecule has 3 N–H and O–H groups in total. The van der Waals surface area contributed by atoms with Crippen molar-refractivity contribution in [2.45, 2.75) is 50.0 Å². The van der Waals surface area contributed by atoms with E-state index in [4.69, 9.17) is 0 Å². The van der Waals surface area contributed by atoms with Crippen molar-refractivity contribution in [2.24, 2.45) is 11.8 Å². The molecule has 1 atom stereocenters. The topological polar surface area (TPSA) is 104 Å². The van der Waals surface area contributed by atoms with Crippen molar-refractivity contribution in [3.05, 3.63) is 66.2 Å². The van der Waals surface area contributed by atoms with Gasteiger partial charge in [0.05, 0.1) is 4.90 Å². The smallest absolute Gasteiger partial charge is 0.242 e. The Hall–Kier alpha value is -2.71. The molecule has 178 valence electrons. The van der Waals surface area contributed by atoms with Gasteiger partial charge in [0.25, 0.3) is 0 Å². The third-order valence-corrected chi connectivity index (χ3v) is 7.58. The number of carbonyl (C=O) groups excluding carboxylic acids is 2. The Morgan fingerprint density at radius 1 is 0.939 bits per heavy atom. The van der Waals surface area contributed by atoms with E-state index in [0.717, 1.165) is 24.8 Å². The zero-order chi connectivity index (χ0) is 23.7. The summed E-state index contributed by atoms with van der Waals surface area (Å²) in [6, 6.07) is 17.6. The summed E-state index contributed by atoms with van der Waals surface area (Å²) < 4.78 is 27.4. The van der Waals surface area contributed by atoms with Gasteiger partial charge in [0.1, 0.15) is 6.04 Å². The normalized spacial score (nSPS) is 19.4. The molecule has 0 unspecified atom stereocenters. The number of benzene rings is 2. The quantitative estimate of drug-likeness (QED) is 0.495. The van der Waals surface area contributed by atoms with Gasteiger partial charge in [-0.05, 0) is 62.6 Å². The van der Waals surface area contributed by atoms with Crippen molar-refractivity contribution >= 4 is 21.8 Å². The second-order valence-corrected chi connectivity index (χ2v) is 10.4.